The number of hydrogen-bond donors (Lipinski definition) is 0. The van der Waals surface area contributed by atoms with Crippen LogP contribution in [0.5, 0.6) is 0 Å². The summed E-state index contributed by atoms with van der Waals surface area (Å²) in [6.07, 6.45) is 2.47. The fourth-order valence-corrected chi connectivity index (χ4v) is 4.30. The minimum absolute atomic E-state index is 0.627. The molecule has 0 spiro atoms. The van der Waals surface area contributed by atoms with E-state index in [0.717, 1.165) is 45.6 Å². The Bertz CT molecular complexity index is 1060. The summed E-state index contributed by atoms with van der Waals surface area (Å²) in [6, 6.07) is 7.69. The summed E-state index contributed by atoms with van der Waals surface area (Å²) in [4.78, 5) is 0.735. The maximum absolute atomic E-state index is 6.55. The molecule has 0 aliphatic rings. The van der Waals surface area contributed by atoms with Gasteiger partial charge in [0.2, 0.25) is 4.96 Å². The van der Waals surface area contributed by atoms with Gasteiger partial charge in [-0.3, -0.25) is 4.68 Å². The molecule has 0 radical (unpaired) electrons. The molecule has 0 N–H and O–H groups in total. The Morgan fingerprint density at radius 1 is 1.08 bits per heavy atom. The maximum Gasteiger partial charge on any atom is 0.235 e. The highest BCUT2D eigenvalue weighted by atomic mass is 35.5. The van der Waals surface area contributed by atoms with Crippen molar-refractivity contribution in [2.45, 2.75) is 26.2 Å². The smallest absolute Gasteiger partial charge is 0.235 e. The molecule has 9 heteroatoms. The standard InChI is InChI=1S/C17H16Cl2N6S/c1-3-4-12-14(19)15(24(2)22-12)16-23-25-13(20-21-17(25)26-16)9-10-5-7-11(18)8-6-10/h5-8H,3-4,9H2,1-2H3. The van der Waals surface area contributed by atoms with Crippen LogP contribution in [0.1, 0.15) is 30.4 Å². The molecule has 0 saturated heterocycles. The van der Waals surface area contributed by atoms with Crippen molar-refractivity contribution in [2.75, 3.05) is 0 Å². The molecule has 3 aromatic heterocycles. The van der Waals surface area contributed by atoms with E-state index in [1.165, 1.54) is 11.3 Å². The van der Waals surface area contributed by atoms with Crippen LogP contribution in [0.3, 0.4) is 0 Å². The van der Waals surface area contributed by atoms with Crippen LogP contribution in [0.15, 0.2) is 24.3 Å². The average molecular weight is 407 g/mol. The largest absolute Gasteiger partial charge is 0.264 e. The van der Waals surface area contributed by atoms with Gasteiger partial charge >= 0.3 is 0 Å². The van der Waals surface area contributed by atoms with E-state index >= 15 is 0 Å². The van der Waals surface area contributed by atoms with Gasteiger partial charge in [0.1, 0.15) is 5.69 Å². The van der Waals surface area contributed by atoms with E-state index in [0.29, 0.717) is 16.5 Å². The maximum atomic E-state index is 6.55. The van der Waals surface area contributed by atoms with E-state index in [9.17, 15) is 0 Å². The number of hydrogen-bond acceptors (Lipinski definition) is 5. The first-order valence-electron chi connectivity index (χ1n) is 8.24. The second-order valence-electron chi connectivity index (χ2n) is 6.00. The van der Waals surface area contributed by atoms with Gasteiger partial charge < -0.3 is 0 Å². The Morgan fingerprint density at radius 2 is 1.85 bits per heavy atom. The van der Waals surface area contributed by atoms with Crippen molar-refractivity contribution in [3.63, 3.8) is 0 Å². The predicted octanol–water partition coefficient (Wildman–Crippen LogP) is 4.44. The molecular weight excluding hydrogens is 391 g/mol. The van der Waals surface area contributed by atoms with Crippen molar-refractivity contribution in [1.29, 1.82) is 0 Å². The lowest BCUT2D eigenvalue weighted by Gasteiger charge is -1.99. The van der Waals surface area contributed by atoms with Crippen LogP contribution in [-0.2, 0) is 19.9 Å². The van der Waals surface area contributed by atoms with Gasteiger partial charge in [0.05, 0.1) is 10.7 Å². The van der Waals surface area contributed by atoms with Crippen LogP contribution in [0, 0.1) is 0 Å². The quantitative estimate of drug-likeness (QED) is 0.491. The van der Waals surface area contributed by atoms with E-state index in [1.807, 2.05) is 31.3 Å². The number of benzene rings is 1. The molecule has 0 aliphatic carbocycles. The number of rotatable bonds is 5. The van der Waals surface area contributed by atoms with Crippen molar-refractivity contribution in [2.24, 2.45) is 7.05 Å². The predicted molar refractivity (Wildman–Crippen MR) is 104 cm³/mol. The zero-order valence-corrected chi connectivity index (χ0v) is 16.6. The van der Waals surface area contributed by atoms with Gasteiger partial charge in [-0.2, -0.15) is 14.7 Å². The molecule has 6 nitrogen and oxygen atoms in total. The second-order valence-corrected chi connectivity index (χ2v) is 7.77. The molecule has 0 saturated carbocycles. The minimum Gasteiger partial charge on any atom is -0.264 e. The van der Waals surface area contributed by atoms with Crippen molar-refractivity contribution < 1.29 is 0 Å². The highest BCUT2D eigenvalue weighted by molar-refractivity contribution is 7.19. The molecule has 4 aromatic rings. The fourth-order valence-electron chi connectivity index (χ4n) is 2.83. The summed E-state index contributed by atoms with van der Waals surface area (Å²) in [5, 5.41) is 19.9. The summed E-state index contributed by atoms with van der Waals surface area (Å²) < 4.78 is 3.56. The fraction of sp³-hybridized carbons (Fsp3) is 0.294. The normalized spacial score (nSPS) is 11.5. The van der Waals surface area contributed by atoms with Crippen LogP contribution in [0.25, 0.3) is 15.7 Å². The average Bonchev–Trinajstić information content (AvgIpc) is 3.25. The highest BCUT2D eigenvalue weighted by Gasteiger charge is 2.21. The van der Waals surface area contributed by atoms with E-state index < -0.39 is 0 Å². The number of aryl methyl sites for hydroxylation is 2. The van der Waals surface area contributed by atoms with Crippen molar-refractivity contribution >= 4 is 39.5 Å². The SMILES string of the molecule is CCCc1nn(C)c(-c2nn3c(Cc4ccc(Cl)cc4)nnc3s2)c1Cl. The van der Waals surface area contributed by atoms with E-state index in [-0.39, 0.29) is 0 Å². The topological polar surface area (TPSA) is 60.9 Å². The Kier molecular flexibility index (Phi) is 4.69. The summed E-state index contributed by atoms with van der Waals surface area (Å²) in [5.74, 6) is 0.775. The van der Waals surface area contributed by atoms with Gasteiger partial charge in [-0.15, -0.1) is 10.2 Å². The summed E-state index contributed by atoms with van der Waals surface area (Å²) >= 11 is 14.0. The first-order valence-corrected chi connectivity index (χ1v) is 9.81. The molecule has 0 fully saturated rings. The molecule has 1 aromatic carbocycles. The molecule has 26 heavy (non-hydrogen) atoms. The van der Waals surface area contributed by atoms with Gasteiger partial charge in [0.15, 0.2) is 10.8 Å². The monoisotopic (exact) mass is 406 g/mol. The summed E-state index contributed by atoms with van der Waals surface area (Å²) in [6.45, 7) is 2.11. The van der Waals surface area contributed by atoms with Crippen molar-refractivity contribution in [1.82, 2.24) is 29.6 Å². The van der Waals surface area contributed by atoms with E-state index in [1.54, 1.807) is 9.20 Å². The lowest BCUT2D eigenvalue weighted by Crippen LogP contribution is -1.99. The summed E-state index contributed by atoms with van der Waals surface area (Å²) in [7, 11) is 1.89. The molecule has 4 rings (SSSR count). The summed E-state index contributed by atoms with van der Waals surface area (Å²) in [5.41, 5.74) is 2.82. The van der Waals surface area contributed by atoms with Gasteiger partial charge in [0.25, 0.3) is 0 Å². The second kappa shape index (κ2) is 6.98. The number of fused-ring (bicyclic) bond motifs is 1. The van der Waals surface area contributed by atoms with Gasteiger partial charge in [0, 0.05) is 18.5 Å². The van der Waals surface area contributed by atoms with Gasteiger partial charge in [-0.1, -0.05) is 60.0 Å². The Hall–Kier alpha value is -1.96. The Balaban J connectivity index is 1.71. The lowest BCUT2D eigenvalue weighted by atomic mass is 10.1. The van der Waals surface area contributed by atoms with E-state index in [2.05, 4.69) is 22.2 Å². The van der Waals surface area contributed by atoms with Crippen molar-refractivity contribution in [3.8, 4) is 10.7 Å². The first kappa shape index (κ1) is 17.5. The molecular formula is C17H16Cl2N6S. The Labute approximate surface area is 164 Å². The van der Waals surface area contributed by atoms with Crippen LogP contribution in [-0.4, -0.2) is 29.6 Å². The molecule has 3 heterocycles. The zero-order chi connectivity index (χ0) is 18.3. The third kappa shape index (κ3) is 3.11. The molecule has 0 aliphatic heterocycles. The van der Waals surface area contributed by atoms with Crippen LogP contribution in [0.2, 0.25) is 10.0 Å². The first-order chi connectivity index (χ1) is 12.6. The Morgan fingerprint density at radius 3 is 2.58 bits per heavy atom. The molecule has 0 amide bonds. The van der Waals surface area contributed by atoms with Crippen LogP contribution in [0.4, 0.5) is 0 Å². The highest BCUT2D eigenvalue weighted by Crippen LogP contribution is 2.33. The zero-order valence-electron chi connectivity index (χ0n) is 14.3. The van der Waals surface area contributed by atoms with Gasteiger partial charge in [-0.25, -0.2) is 0 Å². The van der Waals surface area contributed by atoms with Gasteiger partial charge in [-0.05, 0) is 24.1 Å². The third-order valence-electron chi connectivity index (χ3n) is 4.08. The number of nitrogens with zero attached hydrogens (tertiary/aromatic N) is 6. The van der Waals surface area contributed by atoms with Crippen molar-refractivity contribution in [3.05, 3.63) is 51.4 Å². The van der Waals surface area contributed by atoms with Crippen LogP contribution >= 0.6 is 34.5 Å². The number of aromatic nitrogens is 6. The molecule has 0 atom stereocenters. The van der Waals surface area contributed by atoms with E-state index in [4.69, 9.17) is 28.3 Å². The minimum atomic E-state index is 0.627. The third-order valence-corrected chi connectivity index (χ3v) is 5.63. The van der Waals surface area contributed by atoms with Crippen LogP contribution < -0.4 is 0 Å². The molecule has 0 unspecified atom stereocenters. The molecule has 0 bridgehead atoms. The lowest BCUT2D eigenvalue weighted by molar-refractivity contribution is 0.736. The molecule has 134 valence electrons. The number of halogens is 2.